The number of methoxy groups -OCH3 is 1. The highest BCUT2D eigenvalue weighted by Crippen LogP contribution is 2.50. The van der Waals surface area contributed by atoms with E-state index in [0.29, 0.717) is 21.8 Å². The molecular formula is C28H25F3N4O3. The van der Waals surface area contributed by atoms with E-state index in [1.807, 2.05) is 0 Å². The fraction of sp³-hybridized carbons (Fsp3) is 0.321. The molecule has 1 saturated carbocycles. The van der Waals surface area contributed by atoms with Gasteiger partial charge in [-0.15, -0.1) is 0 Å². The third-order valence-corrected chi connectivity index (χ3v) is 6.85. The summed E-state index contributed by atoms with van der Waals surface area (Å²) in [5, 5.41) is 0. The molecular weight excluding hydrogens is 497 g/mol. The normalized spacial score (nSPS) is 19.0. The van der Waals surface area contributed by atoms with E-state index < -0.39 is 17.7 Å². The van der Waals surface area contributed by atoms with Crippen LogP contribution in [0.4, 0.5) is 23.7 Å². The molecule has 2 aromatic carbocycles. The molecule has 2 heterocycles. The molecule has 0 saturated heterocycles. The summed E-state index contributed by atoms with van der Waals surface area (Å²) in [6.45, 7) is 0.105. The molecule has 196 valence electrons. The van der Waals surface area contributed by atoms with E-state index in [1.54, 1.807) is 24.3 Å². The zero-order chi connectivity index (χ0) is 27.1. The highest BCUT2D eigenvalue weighted by molar-refractivity contribution is 5.97. The SMILES string of the molecule is COc1ccc(CN2C(=O)N(C)[C@](C#CC3CC3)(C(F)(F)F)c3ccc(Cn4cnccc4=O)cc32)cc1. The zero-order valence-corrected chi connectivity index (χ0v) is 20.8. The van der Waals surface area contributed by atoms with Crippen molar-refractivity contribution in [1.82, 2.24) is 14.5 Å². The van der Waals surface area contributed by atoms with Crippen LogP contribution in [0.2, 0.25) is 0 Å². The highest BCUT2D eigenvalue weighted by Gasteiger charge is 2.63. The Balaban J connectivity index is 1.66. The van der Waals surface area contributed by atoms with Crippen LogP contribution in [0.25, 0.3) is 0 Å². The van der Waals surface area contributed by atoms with Gasteiger partial charge in [0.15, 0.2) is 0 Å². The third-order valence-electron chi connectivity index (χ3n) is 6.85. The average Bonchev–Trinajstić information content (AvgIpc) is 3.72. The molecule has 38 heavy (non-hydrogen) atoms. The van der Waals surface area contributed by atoms with Crippen LogP contribution in [-0.4, -0.2) is 40.8 Å². The van der Waals surface area contributed by atoms with Crippen molar-refractivity contribution in [2.75, 3.05) is 19.1 Å². The number of urea groups is 1. The second-order valence-electron chi connectivity index (χ2n) is 9.43. The Bertz CT molecular complexity index is 1490. The van der Waals surface area contributed by atoms with Crippen molar-refractivity contribution in [3.05, 3.63) is 88.1 Å². The molecule has 0 N–H and O–H groups in total. The number of alkyl halides is 3. The van der Waals surface area contributed by atoms with Gasteiger partial charge in [-0.25, -0.2) is 9.78 Å². The van der Waals surface area contributed by atoms with Gasteiger partial charge in [-0.1, -0.05) is 36.1 Å². The number of carbonyl (C=O) groups is 1. The number of halogens is 3. The molecule has 2 amide bonds. The lowest BCUT2D eigenvalue weighted by molar-refractivity contribution is -0.204. The summed E-state index contributed by atoms with van der Waals surface area (Å²) in [5.74, 6) is 5.74. The first kappa shape index (κ1) is 25.4. The maximum atomic E-state index is 14.9. The average molecular weight is 523 g/mol. The van der Waals surface area contributed by atoms with Gasteiger partial charge in [-0.05, 0) is 42.2 Å². The van der Waals surface area contributed by atoms with Crippen LogP contribution in [0.5, 0.6) is 5.75 Å². The van der Waals surface area contributed by atoms with Gasteiger partial charge in [-0.2, -0.15) is 13.2 Å². The monoisotopic (exact) mass is 522 g/mol. The Morgan fingerprint density at radius 1 is 1.05 bits per heavy atom. The van der Waals surface area contributed by atoms with Crippen molar-refractivity contribution in [1.29, 1.82) is 0 Å². The van der Waals surface area contributed by atoms with E-state index >= 15 is 0 Å². The van der Waals surface area contributed by atoms with Crippen LogP contribution in [0, 0.1) is 17.8 Å². The van der Waals surface area contributed by atoms with E-state index in [0.717, 1.165) is 19.9 Å². The number of rotatable bonds is 5. The number of amides is 2. The Hall–Kier alpha value is -4.26. The minimum Gasteiger partial charge on any atom is -0.497 e. The standard InChI is InChI=1S/C28H25F3N4O3/c1-33-26(37)35(17-20-5-8-22(38-2)9-6-20)24-15-21(16-34-18-32-14-12-25(34)36)7-10-23(24)27(33,28(29,30)31)13-11-19-3-4-19/h5-10,12,14-15,18-19H,3-4,16-17H2,1-2H3/t27-/m0/s1. The van der Waals surface area contributed by atoms with Crippen molar-refractivity contribution in [3.63, 3.8) is 0 Å². The number of aromatic nitrogens is 2. The number of nitrogens with zero attached hydrogens (tertiary/aromatic N) is 4. The van der Waals surface area contributed by atoms with Crippen LogP contribution in [0.15, 0.2) is 65.8 Å². The number of carbonyl (C=O) groups excluding carboxylic acids is 1. The quantitative estimate of drug-likeness (QED) is 0.462. The molecule has 1 atom stereocenters. The fourth-order valence-electron chi connectivity index (χ4n) is 4.57. The molecule has 10 heteroatoms. The van der Waals surface area contributed by atoms with Gasteiger partial charge >= 0.3 is 12.2 Å². The predicted octanol–water partition coefficient (Wildman–Crippen LogP) is 4.54. The topological polar surface area (TPSA) is 67.7 Å². The zero-order valence-electron chi connectivity index (χ0n) is 20.8. The summed E-state index contributed by atoms with van der Waals surface area (Å²) in [7, 11) is 2.67. The largest absolute Gasteiger partial charge is 0.497 e. The van der Waals surface area contributed by atoms with Crippen molar-refractivity contribution >= 4 is 11.7 Å². The Labute approximate surface area is 217 Å². The number of fused-ring (bicyclic) bond motifs is 1. The minimum atomic E-state index is -4.86. The smallest absolute Gasteiger partial charge is 0.427 e. The predicted molar refractivity (Wildman–Crippen MR) is 135 cm³/mol. The number of anilines is 1. The van der Waals surface area contributed by atoms with Gasteiger partial charge in [0.1, 0.15) is 5.75 Å². The number of benzene rings is 2. The van der Waals surface area contributed by atoms with E-state index in [-0.39, 0.29) is 35.8 Å². The first-order valence-corrected chi connectivity index (χ1v) is 12.1. The molecule has 0 bridgehead atoms. The van der Waals surface area contributed by atoms with Gasteiger partial charge in [0, 0.05) is 30.8 Å². The molecule has 5 rings (SSSR count). The lowest BCUT2D eigenvalue weighted by Gasteiger charge is -2.47. The molecule has 1 aromatic heterocycles. The molecule has 1 fully saturated rings. The lowest BCUT2D eigenvalue weighted by atomic mass is 9.83. The van der Waals surface area contributed by atoms with E-state index in [2.05, 4.69) is 16.8 Å². The summed E-state index contributed by atoms with van der Waals surface area (Å²) >= 11 is 0. The second kappa shape index (κ2) is 9.56. The van der Waals surface area contributed by atoms with Crippen molar-refractivity contribution < 1.29 is 22.7 Å². The summed E-state index contributed by atoms with van der Waals surface area (Å²) in [6.07, 6.45) is -0.645. The molecule has 7 nitrogen and oxygen atoms in total. The molecule has 1 aliphatic heterocycles. The Kier molecular flexibility index (Phi) is 6.39. The summed E-state index contributed by atoms with van der Waals surface area (Å²) in [6, 6.07) is 11.9. The summed E-state index contributed by atoms with van der Waals surface area (Å²) < 4.78 is 51.3. The molecule has 0 spiro atoms. The summed E-state index contributed by atoms with van der Waals surface area (Å²) in [4.78, 5) is 31.8. The molecule has 0 radical (unpaired) electrons. The van der Waals surface area contributed by atoms with E-state index in [4.69, 9.17) is 4.74 Å². The van der Waals surface area contributed by atoms with Crippen molar-refractivity contribution in [2.45, 2.75) is 37.6 Å². The van der Waals surface area contributed by atoms with E-state index in [1.165, 1.54) is 53.4 Å². The van der Waals surface area contributed by atoms with Gasteiger partial charge in [0.2, 0.25) is 5.54 Å². The van der Waals surface area contributed by atoms with Crippen LogP contribution >= 0.6 is 0 Å². The molecule has 1 aliphatic carbocycles. The van der Waals surface area contributed by atoms with Crippen LogP contribution in [0.3, 0.4) is 0 Å². The molecule has 3 aromatic rings. The Morgan fingerprint density at radius 3 is 2.39 bits per heavy atom. The first-order valence-electron chi connectivity index (χ1n) is 12.1. The summed E-state index contributed by atoms with van der Waals surface area (Å²) in [5.41, 5.74) is -1.89. The Morgan fingerprint density at radius 2 is 1.76 bits per heavy atom. The van der Waals surface area contributed by atoms with Crippen LogP contribution in [0.1, 0.15) is 29.5 Å². The highest BCUT2D eigenvalue weighted by atomic mass is 19.4. The number of hydrogen-bond donors (Lipinski definition) is 0. The first-order chi connectivity index (χ1) is 18.1. The maximum Gasteiger partial charge on any atom is 0.427 e. The van der Waals surface area contributed by atoms with Crippen LogP contribution in [-0.2, 0) is 18.6 Å². The lowest BCUT2D eigenvalue weighted by Crippen LogP contribution is -2.62. The van der Waals surface area contributed by atoms with Gasteiger partial charge in [0.25, 0.3) is 5.56 Å². The number of hydrogen-bond acceptors (Lipinski definition) is 4. The molecule has 0 unspecified atom stereocenters. The maximum absolute atomic E-state index is 14.9. The third kappa shape index (κ3) is 4.49. The van der Waals surface area contributed by atoms with Crippen molar-refractivity contribution in [3.8, 4) is 17.6 Å². The minimum absolute atomic E-state index is 0.0282. The van der Waals surface area contributed by atoms with Crippen molar-refractivity contribution in [2.24, 2.45) is 5.92 Å². The van der Waals surface area contributed by atoms with Gasteiger partial charge in [-0.3, -0.25) is 19.2 Å². The van der Waals surface area contributed by atoms with Crippen LogP contribution < -0.4 is 15.2 Å². The second-order valence-corrected chi connectivity index (χ2v) is 9.43. The number of ether oxygens (including phenoxy) is 1. The molecule has 2 aliphatic rings. The van der Waals surface area contributed by atoms with Gasteiger partial charge < -0.3 is 4.74 Å². The van der Waals surface area contributed by atoms with Gasteiger partial charge in [0.05, 0.1) is 32.2 Å². The van der Waals surface area contributed by atoms with E-state index in [9.17, 15) is 22.8 Å². The fourth-order valence-corrected chi connectivity index (χ4v) is 4.57.